The number of carbonyl (C=O) groups excluding carboxylic acids is 1. The van der Waals surface area contributed by atoms with Gasteiger partial charge in [0.05, 0.1) is 10.8 Å². The molecule has 25 heavy (non-hydrogen) atoms. The van der Waals surface area contributed by atoms with Crippen LogP contribution < -0.4 is 4.90 Å². The topological polar surface area (TPSA) is 95.0 Å². The molecule has 3 rings (SSSR count). The van der Waals surface area contributed by atoms with Crippen LogP contribution in [0.3, 0.4) is 0 Å². The van der Waals surface area contributed by atoms with Crippen LogP contribution in [0.5, 0.6) is 0 Å². The Morgan fingerprint density at radius 2 is 1.96 bits per heavy atom. The molecule has 8 heteroatoms. The zero-order chi connectivity index (χ0) is 18.2. The molecular weight excluding hydrogens is 344 g/mol. The lowest BCUT2D eigenvalue weighted by atomic mass is 10.0. The summed E-state index contributed by atoms with van der Waals surface area (Å²) in [7, 11) is -3.78. The van der Waals surface area contributed by atoms with Gasteiger partial charge in [0.25, 0.3) is 0 Å². The molecule has 1 unspecified atom stereocenters. The molecule has 1 aromatic carbocycles. The fraction of sp³-hybridized carbons (Fsp3) is 0.529. The number of carbonyl (C=O) groups is 2. The van der Waals surface area contributed by atoms with Crippen molar-refractivity contribution in [2.75, 3.05) is 24.5 Å². The number of rotatable bonds is 3. The van der Waals surface area contributed by atoms with Crippen molar-refractivity contribution in [2.24, 2.45) is 5.92 Å². The van der Waals surface area contributed by atoms with Crippen LogP contribution in [0, 0.1) is 5.92 Å². The number of carboxylic acid groups (broad SMARTS) is 1. The highest BCUT2D eigenvalue weighted by Gasteiger charge is 2.34. The summed E-state index contributed by atoms with van der Waals surface area (Å²) in [6.07, 6.45) is 2.68. The van der Waals surface area contributed by atoms with Crippen LogP contribution in [0.15, 0.2) is 23.1 Å². The smallest absolute Gasteiger partial charge is 0.307 e. The minimum atomic E-state index is -3.78. The highest BCUT2D eigenvalue weighted by atomic mass is 32.2. The van der Waals surface area contributed by atoms with Crippen molar-refractivity contribution in [3.8, 4) is 0 Å². The Bertz CT molecular complexity index is 805. The molecule has 0 bridgehead atoms. The van der Waals surface area contributed by atoms with E-state index in [0.717, 1.165) is 18.4 Å². The van der Waals surface area contributed by atoms with Crippen LogP contribution in [-0.4, -0.2) is 49.3 Å². The number of carboxylic acids is 1. The highest BCUT2D eigenvalue weighted by Crippen LogP contribution is 2.32. The maximum Gasteiger partial charge on any atom is 0.307 e. The van der Waals surface area contributed by atoms with E-state index in [2.05, 4.69) is 0 Å². The van der Waals surface area contributed by atoms with Crippen LogP contribution >= 0.6 is 0 Å². The third kappa shape index (κ3) is 3.41. The minimum absolute atomic E-state index is 0.00876. The number of benzene rings is 1. The van der Waals surface area contributed by atoms with Crippen LogP contribution in [0.25, 0.3) is 0 Å². The Hall–Kier alpha value is -1.93. The van der Waals surface area contributed by atoms with Gasteiger partial charge < -0.3 is 10.0 Å². The van der Waals surface area contributed by atoms with Crippen molar-refractivity contribution in [3.05, 3.63) is 23.8 Å². The van der Waals surface area contributed by atoms with E-state index >= 15 is 0 Å². The second kappa shape index (κ2) is 6.76. The van der Waals surface area contributed by atoms with E-state index in [1.165, 1.54) is 11.2 Å². The number of hydrogen-bond acceptors (Lipinski definition) is 4. The molecule has 2 heterocycles. The predicted molar refractivity (Wildman–Crippen MR) is 91.9 cm³/mol. The number of aryl methyl sites for hydroxylation is 1. The van der Waals surface area contributed by atoms with E-state index < -0.39 is 21.9 Å². The normalized spacial score (nSPS) is 21.6. The summed E-state index contributed by atoms with van der Waals surface area (Å²) in [4.78, 5) is 24.8. The largest absolute Gasteiger partial charge is 0.481 e. The zero-order valence-electron chi connectivity index (χ0n) is 14.1. The summed E-state index contributed by atoms with van der Waals surface area (Å²) in [5, 5.41) is 9.18. The first-order valence-electron chi connectivity index (χ1n) is 8.44. The number of nitrogens with zero attached hydrogens (tertiary/aromatic N) is 2. The van der Waals surface area contributed by atoms with Crippen LogP contribution in [0.1, 0.15) is 31.7 Å². The lowest BCUT2D eigenvalue weighted by Gasteiger charge is -2.32. The lowest BCUT2D eigenvalue weighted by Crippen LogP contribution is -2.42. The molecular formula is C17H22N2O5S. The standard InChI is InChI=1S/C17H22N2O5S/c1-12(20)19-9-3-4-13-6-7-15(10-16(13)19)25(23,24)18-8-2-5-14(11-18)17(21)22/h6-7,10,14H,2-5,8-9,11H2,1H3,(H,21,22). The molecule has 2 aliphatic heterocycles. The number of anilines is 1. The molecule has 7 nitrogen and oxygen atoms in total. The van der Waals surface area contributed by atoms with Crippen molar-refractivity contribution >= 4 is 27.6 Å². The van der Waals surface area contributed by atoms with Crippen molar-refractivity contribution in [3.63, 3.8) is 0 Å². The maximum atomic E-state index is 12.9. The molecule has 0 saturated carbocycles. The second-order valence-corrected chi connectivity index (χ2v) is 8.54. The average molecular weight is 366 g/mol. The summed E-state index contributed by atoms with van der Waals surface area (Å²) in [6.45, 7) is 2.36. The van der Waals surface area contributed by atoms with E-state index in [1.54, 1.807) is 23.1 Å². The molecule has 1 fully saturated rings. The zero-order valence-corrected chi connectivity index (χ0v) is 15.0. The number of amides is 1. The van der Waals surface area contributed by atoms with Gasteiger partial charge in [0.15, 0.2) is 0 Å². The number of piperidine rings is 1. The molecule has 0 radical (unpaired) electrons. The Morgan fingerprint density at radius 3 is 2.64 bits per heavy atom. The summed E-state index contributed by atoms with van der Waals surface area (Å²) in [6, 6.07) is 4.87. The minimum Gasteiger partial charge on any atom is -0.481 e. The van der Waals surface area contributed by atoms with E-state index in [9.17, 15) is 23.1 Å². The fourth-order valence-electron chi connectivity index (χ4n) is 3.55. The molecule has 1 aromatic rings. The van der Waals surface area contributed by atoms with E-state index in [4.69, 9.17) is 0 Å². The van der Waals surface area contributed by atoms with Gasteiger partial charge in [-0.2, -0.15) is 4.31 Å². The summed E-state index contributed by atoms with van der Waals surface area (Å²) in [5.74, 6) is -1.75. The maximum absolute atomic E-state index is 12.9. The van der Waals surface area contributed by atoms with Gasteiger partial charge in [-0.15, -0.1) is 0 Å². The molecule has 1 N–H and O–H groups in total. The Kier molecular flexibility index (Phi) is 4.83. The number of hydrogen-bond donors (Lipinski definition) is 1. The first-order valence-corrected chi connectivity index (χ1v) is 9.88. The molecule has 1 saturated heterocycles. The van der Waals surface area contributed by atoms with E-state index in [-0.39, 0.29) is 17.3 Å². The molecule has 0 aromatic heterocycles. The average Bonchev–Trinajstić information content (AvgIpc) is 2.60. The van der Waals surface area contributed by atoms with Gasteiger partial charge in [-0.3, -0.25) is 9.59 Å². The SMILES string of the molecule is CC(=O)N1CCCc2ccc(S(=O)(=O)N3CCCC(C(=O)O)C3)cc21. The number of sulfonamides is 1. The van der Waals surface area contributed by atoms with Crippen LogP contribution in [-0.2, 0) is 26.0 Å². The van der Waals surface area contributed by atoms with Gasteiger partial charge in [-0.25, -0.2) is 8.42 Å². The highest BCUT2D eigenvalue weighted by molar-refractivity contribution is 7.89. The van der Waals surface area contributed by atoms with Gasteiger partial charge >= 0.3 is 5.97 Å². The molecule has 1 atom stereocenters. The molecule has 1 amide bonds. The van der Waals surface area contributed by atoms with E-state index in [1.807, 2.05) is 0 Å². The lowest BCUT2D eigenvalue weighted by molar-refractivity contribution is -0.142. The predicted octanol–water partition coefficient (Wildman–Crippen LogP) is 1.47. The van der Waals surface area contributed by atoms with Gasteiger partial charge in [0.1, 0.15) is 0 Å². The monoisotopic (exact) mass is 366 g/mol. The quantitative estimate of drug-likeness (QED) is 0.874. The third-order valence-electron chi connectivity index (χ3n) is 4.93. The van der Waals surface area contributed by atoms with Gasteiger partial charge in [-0.05, 0) is 43.4 Å². The first kappa shape index (κ1) is 17.9. The van der Waals surface area contributed by atoms with Gasteiger partial charge in [-0.1, -0.05) is 6.07 Å². The second-order valence-electron chi connectivity index (χ2n) is 6.61. The van der Waals surface area contributed by atoms with Gasteiger partial charge in [0, 0.05) is 32.2 Å². The summed E-state index contributed by atoms with van der Waals surface area (Å²) >= 11 is 0. The number of aliphatic carboxylic acids is 1. The summed E-state index contributed by atoms with van der Waals surface area (Å²) in [5.41, 5.74) is 1.61. The molecule has 0 spiro atoms. The molecule has 0 aliphatic carbocycles. The molecule has 136 valence electrons. The Morgan fingerprint density at radius 1 is 1.20 bits per heavy atom. The fourth-order valence-corrected chi connectivity index (χ4v) is 5.10. The summed E-state index contributed by atoms with van der Waals surface area (Å²) < 4.78 is 27.1. The third-order valence-corrected chi connectivity index (χ3v) is 6.79. The number of fused-ring (bicyclic) bond motifs is 1. The van der Waals surface area contributed by atoms with Gasteiger partial charge in [0.2, 0.25) is 15.9 Å². The molecule has 2 aliphatic rings. The first-order chi connectivity index (χ1) is 11.8. The Balaban J connectivity index is 1.94. The van der Waals surface area contributed by atoms with Crippen LogP contribution in [0.2, 0.25) is 0 Å². The van der Waals surface area contributed by atoms with Crippen molar-refractivity contribution in [2.45, 2.75) is 37.5 Å². The van der Waals surface area contributed by atoms with Crippen LogP contribution in [0.4, 0.5) is 5.69 Å². The van der Waals surface area contributed by atoms with E-state index in [0.29, 0.717) is 31.6 Å². The Labute approximate surface area is 147 Å². The van der Waals surface area contributed by atoms with Crippen molar-refractivity contribution in [1.29, 1.82) is 0 Å². The van der Waals surface area contributed by atoms with Crippen molar-refractivity contribution in [1.82, 2.24) is 4.31 Å². The van der Waals surface area contributed by atoms with Crippen molar-refractivity contribution < 1.29 is 23.1 Å².